The predicted octanol–water partition coefficient (Wildman–Crippen LogP) is 1.72. The lowest BCUT2D eigenvalue weighted by molar-refractivity contribution is -0.114. The maximum atomic E-state index is 10.9. The summed E-state index contributed by atoms with van der Waals surface area (Å²) in [4.78, 5) is 10.9. The summed E-state index contributed by atoms with van der Waals surface area (Å²) in [6.07, 6.45) is 0. The Balaban J connectivity index is 3.09. The van der Waals surface area contributed by atoms with Crippen molar-refractivity contribution in [1.29, 1.82) is 0 Å². The monoisotopic (exact) mass is 192 g/mol. The van der Waals surface area contributed by atoms with Crippen LogP contribution in [0.4, 0.5) is 5.69 Å². The van der Waals surface area contributed by atoms with E-state index in [0.717, 1.165) is 16.8 Å². The highest BCUT2D eigenvalue weighted by atomic mass is 16.1. The summed E-state index contributed by atoms with van der Waals surface area (Å²) in [5.41, 5.74) is 9.85. The van der Waals surface area contributed by atoms with Crippen molar-refractivity contribution in [3.8, 4) is 0 Å². The lowest BCUT2D eigenvalue weighted by Crippen LogP contribution is -2.08. The first-order valence-electron chi connectivity index (χ1n) is 4.62. The predicted molar refractivity (Wildman–Crippen MR) is 58.1 cm³/mol. The molecular formula is C11H16N2O. The van der Waals surface area contributed by atoms with Crippen molar-refractivity contribution in [2.24, 2.45) is 5.73 Å². The van der Waals surface area contributed by atoms with Crippen molar-refractivity contribution >= 4 is 11.6 Å². The minimum absolute atomic E-state index is 0.0591. The average molecular weight is 192 g/mol. The zero-order valence-electron chi connectivity index (χ0n) is 8.85. The van der Waals surface area contributed by atoms with E-state index in [1.807, 2.05) is 26.0 Å². The molecule has 0 aliphatic rings. The van der Waals surface area contributed by atoms with Crippen molar-refractivity contribution in [1.82, 2.24) is 0 Å². The number of hydrogen-bond donors (Lipinski definition) is 2. The van der Waals surface area contributed by atoms with Crippen molar-refractivity contribution in [2.45, 2.75) is 27.3 Å². The van der Waals surface area contributed by atoms with Crippen molar-refractivity contribution in [2.75, 3.05) is 5.32 Å². The number of rotatable bonds is 2. The first-order chi connectivity index (χ1) is 6.54. The number of hydrogen-bond acceptors (Lipinski definition) is 2. The molecule has 0 spiro atoms. The molecule has 0 atom stereocenters. The Hall–Kier alpha value is -1.35. The Morgan fingerprint density at radius 3 is 2.57 bits per heavy atom. The van der Waals surface area contributed by atoms with E-state index in [4.69, 9.17) is 5.73 Å². The number of amides is 1. The molecule has 0 radical (unpaired) electrons. The smallest absolute Gasteiger partial charge is 0.221 e. The third-order valence-corrected chi connectivity index (χ3v) is 2.32. The van der Waals surface area contributed by atoms with Crippen LogP contribution < -0.4 is 11.1 Å². The lowest BCUT2D eigenvalue weighted by atomic mass is 10.0. The fourth-order valence-corrected chi connectivity index (χ4v) is 1.42. The molecule has 0 aromatic heterocycles. The van der Waals surface area contributed by atoms with Gasteiger partial charge in [-0.25, -0.2) is 0 Å². The van der Waals surface area contributed by atoms with Crippen LogP contribution in [0, 0.1) is 13.8 Å². The molecule has 3 heteroatoms. The molecule has 1 aromatic carbocycles. The van der Waals surface area contributed by atoms with Crippen LogP contribution in [0.5, 0.6) is 0 Å². The Morgan fingerprint density at radius 1 is 1.43 bits per heavy atom. The molecule has 0 saturated heterocycles. The van der Waals surface area contributed by atoms with Crippen LogP contribution in [0.15, 0.2) is 12.1 Å². The Bertz CT molecular complexity index is 359. The molecule has 0 fully saturated rings. The van der Waals surface area contributed by atoms with Crippen LogP contribution in [-0.4, -0.2) is 5.91 Å². The summed E-state index contributed by atoms with van der Waals surface area (Å²) in [5.74, 6) is -0.0591. The number of carbonyl (C=O) groups is 1. The van der Waals surface area contributed by atoms with Crippen LogP contribution >= 0.6 is 0 Å². The highest BCUT2D eigenvalue weighted by Crippen LogP contribution is 2.19. The summed E-state index contributed by atoms with van der Waals surface area (Å²) in [7, 11) is 0. The molecule has 14 heavy (non-hydrogen) atoms. The molecule has 1 rings (SSSR count). The number of nitrogens with two attached hydrogens (primary N) is 1. The molecule has 76 valence electrons. The van der Waals surface area contributed by atoms with Gasteiger partial charge in [-0.15, -0.1) is 0 Å². The van der Waals surface area contributed by atoms with Crippen LogP contribution in [-0.2, 0) is 11.3 Å². The molecule has 0 heterocycles. The molecule has 3 N–H and O–H groups in total. The molecule has 0 aliphatic carbocycles. The second kappa shape index (κ2) is 4.24. The number of aryl methyl sites for hydroxylation is 1. The second-order valence-corrected chi connectivity index (χ2v) is 3.46. The van der Waals surface area contributed by atoms with E-state index in [0.29, 0.717) is 6.54 Å². The van der Waals surface area contributed by atoms with Gasteiger partial charge in [-0.2, -0.15) is 0 Å². The van der Waals surface area contributed by atoms with E-state index < -0.39 is 0 Å². The minimum atomic E-state index is -0.0591. The maximum absolute atomic E-state index is 10.9. The molecule has 0 saturated carbocycles. The first kappa shape index (κ1) is 10.7. The van der Waals surface area contributed by atoms with E-state index in [-0.39, 0.29) is 5.91 Å². The Morgan fingerprint density at radius 2 is 2.07 bits per heavy atom. The first-order valence-corrected chi connectivity index (χ1v) is 4.62. The molecular weight excluding hydrogens is 176 g/mol. The van der Waals surface area contributed by atoms with Gasteiger partial charge in [0.2, 0.25) is 5.91 Å². The highest BCUT2D eigenvalue weighted by Gasteiger charge is 2.03. The number of anilines is 1. The van der Waals surface area contributed by atoms with E-state index in [1.165, 1.54) is 12.5 Å². The van der Waals surface area contributed by atoms with Gasteiger partial charge < -0.3 is 11.1 Å². The maximum Gasteiger partial charge on any atom is 0.221 e. The van der Waals surface area contributed by atoms with Crippen LogP contribution in [0.3, 0.4) is 0 Å². The van der Waals surface area contributed by atoms with Crippen LogP contribution in [0.25, 0.3) is 0 Å². The van der Waals surface area contributed by atoms with Crippen molar-refractivity contribution in [3.63, 3.8) is 0 Å². The van der Waals surface area contributed by atoms with Gasteiger partial charge in [-0.3, -0.25) is 4.79 Å². The van der Waals surface area contributed by atoms with Gasteiger partial charge in [0, 0.05) is 19.2 Å². The number of carbonyl (C=O) groups excluding carboxylic acids is 1. The third-order valence-electron chi connectivity index (χ3n) is 2.32. The quantitative estimate of drug-likeness (QED) is 0.749. The second-order valence-electron chi connectivity index (χ2n) is 3.46. The zero-order chi connectivity index (χ0) is 10.7. The van der Waals surface area contributed by atoms with E-state index in [9.17, 15) is 4.79 Å². The fourth-order valence-electron chi connectivity index (χ4n) is 1.42. The summed E-state index contributed by atoms with van der Waals surface area (Å²) < 4.78 is 0. The van der Waals surface area contributed by atoms with Gasteiger partial charge in [-0.1, -0.05) is 0 Å². The molecule has 1 aromatic rings. The van der Waals surface area contributed by atoms with Crippen LogP contribution in [0.1, 0.15) is 23.6 Å². The Kier molecular flexibility index (Phi) is 3.25. The Labute approximate surface area is 84.3 Å². The summed E-state index contributed by atoms with van der Waals surface area (Å²) in [6.45, 7) is 6.05. The molecule has 0 aliphatic heterocycles. The lowest BCUT2D eigenvalue weighted by Gasteiger charge is -2.10. The normalized spacial score (nSPS) is 10.0. The summed E-state index contributed by atoms with van der Waals surface area (Å²) in [5, 5.41) is 2.75. The van der Waals surface area contributed by atoms with Gasteiger partial charge in [0.15, 0.2) is 0 Å². The van der Waals surface area contributed by atoms with Gasteiger partial charge in [-0.05, 0) is 42.7 Å². The van der Waals surface area contributed by atoms with E-state index in [2.05, 4.69) is 5.32 Å². The summed E-state index contributed by atoms with van der Waals surface area (Å²) >= 11 is 0. The molecule has 0 unspecified atom stereocenters. The van der Waals surface area contributed by atoms with E-state index >= 15 is 0 Å². The van der Waals surface area contributed by atoms with Gasteiger partial charge in [0.05, 0.1) is 0 Å². The standard InChI is InChI=1S/C11H16N2O/c1-7-4-11(13-9(3)14)5-10(6-12)8(7)2/h4-5H,6,12H2,1-3H3,(H,13,14). The molecule has 0 bridgehead atoms. The summed E-state index contributed by atoms with van der Waals surface area (Å²) in [6, 6.07) is 3.87. The van der Waals surface area contributed by atoms with Gasteiger partial charge in [0.1, 0.15) is 0 Å². The topological polar surface area (TPSA) is 55.1 Å². The molecule has 3 nitrogen and oxygen atoms in total. The third kappa shape index (κ3) is 2.33. The number of nitrogens with one attached hydrogen (secondary N) is 1. The average Bonchev–Trinajstić information content (AvgIpc) is 2.10. The van der Waals surface area contributed by atoms with E-state index in [1.54, 1.807) is 0 Å². The largest absolute Gasteiger partial charge is 0.326 e. The van der Waals surface area contributed by atoms with Gasteiger partial charge in [0.25, 0.3) is 0 Å². The van der Waals surface area contributed by atoms with Crippen LogP contribution in [0.2, 0.25) is 0 Å². The van der Waals surface area contributed by atoms with Gasteiger partial charge >= 0.3 is 0 Å². The molecule has 1 amide bonds. The van der Waals surface area contributed by atoms with Crippen molar-refractivity contribution in [3.05, 3.63) is 28.8 Å². The minimum Gasteiger partial charge on any atom is -0.326 e. The zero-order valence-corrected chi connectivity index (χ0v) is 8.85. The SMILES string of the molecule is CC(=O)Nc1cc(C)c(C)c(CN)c1. The fraction of sp³-hybridized carbons (Fsp3) is 0.364. The van der Waals surface area contributed by atoms with Crippen molar-refractivity contribution < 1.29 is 4.79 Å². The number of benzene rings is 1. The highest BCUT2D eigenvalue weighted by molar-refractivity contribution is 5.88.